The number of hydrogen-bond donors (Lipinski definition) is 4. The van der Waals surface area contributed by atoms with E-state index in [1.54, 1.807) is 24.3 Å². The molecule has 0 aromatic heterocycles. The molecule has 1 aromatic carbocycles. The van der Waals surface area contributed by atoms with Gasteiger partial charge in [0.2, 0.25) is 0 Å². The largest absolute Gasteiger partial charge is 0.393 e. The van der Waals surface area contributed by atoms with E-state index in [2.05, 4.69) is 22.4 Å². The molecule has 4 N–H and O–H groups in total. The molecule has 0 radical (unpaired) electrons. The zero-order chi connectivity index (χ0) is 11.3. The number of rotatable bonds is 3. The molecular formula is C9H11N3O2S. The van der Waals surface area contributed by atoms with Crippen molar-refractivity contribution in [2.75, 3.05) is 0 Å². The third kappa shape index (κ3) is 3.17. The predicted molar refractivity (Wildman–Crippen MR) is 59.3 cm³/mol. The quantitative estimate of drug-likeness (QED) is 0.262. The zero-order valence-electron chi connectivity index (χ0n) is 7.81. The van der Waals surface area contributed by atoms with Gasteiger partial charge in [0.05, 0.1) is 0 Å². The highest BCUT2D eigenvalue weighted by molar-refractivity contribution is 7.75. The minimum Gasteiger partial charge on any atom is -0.393 e. The van der Waals surface area contributed by atoms with Gasteiger partial charge in [-0.15, -0.1) is 0 Å². The normalized spacial score (nSPS) is 11.5. The fourth-order valence-corrected chi connectivity index (χ4v) is 1.24. The fraction of sp³-hybridized carbons (Fsp3) is 0.111. The van der Waals surface area contributed by atoms with Crippen molar-refractivity contribution >= 4 is 24.8 Å². The second kappa shape index (κ2) is 5.26. The van der Waals surface area contributed by atoms with Crippen LogP contribution in [-0.4, -0.2) is 11.9 Å². The first kappa shape index (κ1) is 11.4. The predicted octanol–water partition coefficient (Wildman–Crippen LogP) is 0.599. The van der Waals surface area contributed by atoms with E-state index in [4.69, 9.17) is 11.1 Å². The first-order valence-electron chi connectivity index (χ1n) is 4.16. The van der Waals surface area contributed by atoms with Crippen LogP contribution in [0.1, 0.15) is 11.6 Å². The van der Waals surface area contributed by atoms with Crippen LogP contribution >= 0.6 is 12.9 Å². The smallest absolute Gasteiger partial charge is 0.345 e. The Morgan fingerprint density at radius 3 is 2.53 bits per heavy atom. The summed E-state index contributed by atoms with van der Waals surface area (Å²) in [6, 6.07) is 8.02. The lowest BCUT2D eigenvalue weighted by atomic mass is 10.1. The van der Waals surface area contributed by atoms with Crippen molar-refractivity contribution in [2.24, 2.45) is 5.73 Å². The van der Waals surface area contributed by atoms with E-state index in [1.807, 2.05) is 6.07 Å². The number of carbonyl (C=O) groups is 1. The van der Waals surface area contributed by atoms with Gasteiger partial charge in [-0.1, -0.05) is 30.3 Å². The van der Waals surface area contributed by atoms with Crippen LogP contribution in [0.3, 0.4) is 0 Å². The van der Waals surface area contributed by atoms with Crippen molar-refractivity contribution in [1.29, 1.82) is 5.41 Å². The SMILES string of the molecule is N=C(N)NC(C(=O)OS)c1ccccc1. The molecule has 0 saturated carbocycles. The van der Waals surface area contributed by atoms with Crippen LogP contribution in [0.5, 0.6) is 0 Å². The van der Waals surface area contributed by atoms with E-state index in [1.165, 1.54) is 0 Å². The summed E-state index contributed by atoms with van der Waals surface area (Å²) in [5, 5.41) is 9.56. The van der Waals surface area contributed by atoms with Crippen LogP contribution in [0, 0.1) is 5.41 Å². The van der Waals surface area contributed by atoms with Gasteiger partial charge in [-0.25, -0.2) is 4.79 Å². The van der Waals surface area contributed by atoms with Gasteiger partial charge < -0.3 is 15.2 Å². The van der Waals surface area contributed by atoms with E-state index in [-0.39, 0.29) is 5.96 Å². The molecular weight excluding hydrogens is 214 g/mol. The molecule has 1 rings (SSSR count). The Kier molecular flexibility index (Phi) is 3.99. The molecule has 0 saturated heterocycles. The molecule has 80 valence electrons. The van der Waals surface area contributed by atoms with E-state index >= 15 is 0 Å². The molecule has 0 bridgehead atoms. The maximum absolute atomic E-state index is 11.3. The summed E-state index contributed by atoms with van der Waals surface area (Å²) in [6.07, 6.45) is 0. The number of hydrogen-bond acceptors (Lipinski definition) is 4. The zero-order valence-corrected chi connectivity index (χ0v) is 8.70. The van der Waals surface area contributed by atoms with Gasteiger partial charge in [-0.2, -0.15) is 0 Å². The highest BCUT2D eigenvalue weighted by Crippen LogP contribution is 2.14. The van der Waals surface area contributed by atoms with E-state index in [0.29, 0.717) is 5.56 Å². The number of nitrogens with one attached hydrogen (secondary N) is 2. The Hall–Kier alpha value is -1.69. The molecule has 1 atom stereocenters. The molecule has 1 unspecified atom stereocenters. The third-order valence-electron chi connectivity index (χ3n) is 1.76. The lowest BCUT2D eigenvalue weighted by Gasteiger charge is -2.15. The monoisotopic (exact) mass is 225 g/mol. The maximum atomic E-state index is 11.3. The molecule has 1 aromatic rings. The third-order valence-corrected chi connectivity index (χ3v) is 1.94. The number of nitrogens with two attached hydrogens (primary N) is 1. The number of benzene rings is 1. The second-order valence-electron chi connectivity index (χ2n) is 2.81. The minimum atomic E-state index is -0.804. The van der Waals surface area contributed by atoms with Gasteiger partial charge in [0.15, 0.2) is 12.0 Å². The van der Waals surface area contributed by atoms with Crippen LogP contribution in [0.25, 0.3) is 0 Å². The number of guanidine groups is 1. The molecule has 15 heavy (non-hydrogen) atoms. The summed E-state index contributed by atoms with van der Waals surface area (Å²) >= 11 is 3.43. The molecule has 5 nitrogen and oxygen atoms in total. The van der Waals surface area contributed by atoms with Gasteiger partial charge >= 0.3 is 5.97 Å². The standard InChI is InChI=1S/C9H11N3O2S/c10-9(11)12-7(8(13)14-15)6-4-2-1-3-5-6/h1-5,7,15H,(H4,10,11,12). The van der Waals surface area contributed by atoms with Gasteiger partial charge in [-0.05, 0) is 5.56 Å². The van der Waals surface area contributed by atoms with Gasteiger partial charge in [0.25, 0.3) is 0 Å². The molecule has 6 heteroatoms. The molecule has 0 amide bonds. The van der Waals surface area contributed by atoms with Gasteiger partial charge in [-0.3, -0.25) is 5.41 Å². The Morgan fingerprint density at radius 2 is 2.07 bits per heavy atom. The summed E-state index contributed by atoms with van der Waals surface area (Å²) in [4.78, 5) is 11.3. The van der Waals surface area contributed by atoms with Crippen molar-refractivity contribution in [3.8, 4) is 0 Å². The molecule has 0 spiro atoms. The Labute approximate surface area is 92.7 Å². The van der Waals surface area contributed by atoms with Crippen LogP contribution in [0.2, 0.25) is 0 Å². The summed E-state index contributed by atoms with van der Waals surface area (Å²) in [5.74, 6) is -0.915. The van der Waals surface area contributed by atoms with Crippen LogP contribution in [-0.2, 0) is 8.98 Å². The molecule has 0 heterocycles. The lowest BCUT2D eigenvalue weighted by Crippen LogP contribution is -2.38. The Morgan fingerprint density at radius 1 is 1.47 bits per heavy atom. The van der Waals surface area contributed by atoms with E-state index in [0.717, 1.165) is 0 Å². The number of carbonyl (C=O) groups excluding carboxylic acids is 1. The highest BCUT2D eigenvalue weighted by Gasteiger charge is 2.21. The molecule has 0 fully saturated rings. The lowest BCUT2D eigenvalue weighted by molar-refractivity contribution is -0.135. The molecule has 0 aliphatic carbocycles. The van der Waals surface area contributed by atoms with E-state index in [9.17, 15) is 4.79 Å². The topological polar surface area (TPSA) is 88.2 Å². The highest BCUT2D eigenvalue weighted by atomic mass is 32.1. The van der Waals surface area contributed by atoms with Crippen LogP contribution < -0.4 is 11.1 Å². The summed E-state index contributed by atoms with van der Waals surface area (Å²) in [6.45, 7) is 0. The minimum absolute atomic E-state index is 0.303. The van der Waals surface area contributed by atoms with Crippen molar-refractivity contribution in [1.82, 2.24) is 5.32 Å². The van der Waals surface area contributed by atoms with Crippen molar-refractivity contribution in [3.63, 3.8) is 0 Å². The van der Waals surface area contributed by atoms with Crippen LogP contribution in [0.4, 0.5) is 0 Å². The Bertz CT molecular complexity index is 356. The summed E-state index contributed by atoms with van der Waals surface area (Å²) < 4.78 is 4.31. The van der Waals surface area contributed by atoms with Gasteiger partial charge in [0.1, 0.15) is 0 Å². The fourth-order valence-electron chi connectivity index (χ4n) is 1.13. The van der Waals surface area contributed by atoms with Crippen LogP contribution in [0.15, 0.2) is 30.3 Å². The average molecular weight is 225 g/mol. The van der Waals surface area contributed by atoms with Crippen molar-refractivity contribution in [3.05, 3.63) is 35.9 Å². The maximum Gasteiger partial charge on any atom is 0.345 e. The first-order valence-corrected chi connectivity index (χ1v) is 4.52. The second-order valence-corrected chi connectivity index (χ2v) is 2.99. The van der Waals surface area contributed by atoms with Crippen molar-refractivity contribution in [2.45, 2.75) is 6.04 Å². The van der Waals surface area contributed by atoms with Gasteiger partial charge in [0, 0.05) is 12.9 Å². The summed E-state index contributed by atoms with van der Waals surface area (Å²) in [5.41, 5.74) is 5.82. The molecule has 0 aliphatic rings. The summed E-state index contributed by atoms with van der Waals surface area (Å²) in [7, 11) is 0. The van der Waals surface area contributed by atoms with Crippen molar-refractivity contribution < 1.29 is 8.98 Å². The first-order chi connectivity index (χ1) is 7.15. The molecule has 0 aliphatic heterocycles. The number of thiol groups is 1. The average Bonchev–Trinajstić information content (AvgIpc) is 2.26. The Balaban J connectivity index is 2.91. The van der Waals surface area contributed by atoms with E-state index < -0.39 is 12.0 Å².